The zero-order valence-corrected chi connectivity index (χ0v) is 24.2. The first-order valence-corrected chi connectivity index (χ1v) is 14.1. The van der Waals surface area contributed by atoms with Crippen molar-refractivity contribution in [2.75, 3.05) is 6.61 Å². The average molecular weight is 594 g/mol. The minimum absolute atomic E-state index is 0.0987. The molecule has 0 aromatic heterocycles. The molecule has 2 fully saturated rings. The molecule has 2 rings (SSSR count). The number of nitrogens with two attached hydrogens (primary N) is 1. The Morgan fingerprint density at radius 2 is 1.54 bits per heavy atom. The molecule has 10 unspecified atom stereocenters. The molecule has 0 saturated carbocycles. The monoisotopic (exact) mass is 593 g/mol. The third kappa shape index (κ3) is 8.68. The fraction of sp³-hybridized carbons (Fsp3) is 0.880. The van der Waals surface area contributed by atoms with Crippen LogP contribution >= 0.6 is 0 Å². The Balaban J connectivity index is 2.43. The highest BCUT2D eigenvalue weighted by molar-refractivity contribution is 5.84. The normalized spacial score (nSPS) is 33.9. The van der Waals surface area contributed by atoms with E-state index in [0.717, 1.165) is 0 Å². The van der Waals surface area contributed by atoms with Crippen molar-refractivity contribution in [2.24, 2.45) is 11.8 Å². The van der Waals surface area contributed by atoms with Crippen molar-refractivity contribution >= 4 is 17.8 Å². The molecule has 4 amide bonds. The summed E-state index contributed by atoms with van der Waals surface area (Å²) in [6.07, 6.45) is -10.7. The van der Waals surface area contributed by atoms with E-state index < -0.39 is 91.7 Å². The number of aliphatic hydroxyl groups is 4. The molecule has 2 aliphatic heterocycles. The van der Waals surface area contributed by atoms with Gasteiger partial charge in [-0.25, -0.2) is 16.1 Å². The Morgan fingerprint density at radius 1 is 0.902 bits per heavy atom. The van der Waals surface area contributed by atoms with E-state index in [9.17, 15) is 34.8 Å². The zero-order chi connectivity index (χ0) is 30.9. The van der Waals surface area contributed by atoms with E-state index in [1.165, 1.54) is 6.92 Å². The zero-order valence-electron chi connectivity index (χ0n) is 24.2. The highest BCUT2D eigenvalue weighted by atomic mass is 16.7. The van der Waals surface area contributed by atoms with Gasteiger partial charge in [-0.05, 0) is 18.8 Å². The second-order valence-electron chi connectivity index (χ2n) is 10.2. The summed E-state index contributed by atoms with van der Waals surface area (Å²) in [6.45, 7) is 8.28. The Labute approximate surface area is 239 Å². The van der Waals surface area contributed by atoms with Gasteiger partial charge < -0.3 is 44.7 Å². The molecule has 10 atom stereocenters. The van der Waals surface area contributed by atoms with E-state index in [2.05, 4.69) is 10.7 Å². The molecular weight excluding hydrogens is 546 g/mol. The molecule has 2 aliphatic rings. The fourth-order valence-corrected chi connectivity index (χ4v) is 5.25. The Bertz CT molecular complexity index is 847. The van der Waals surface area contributed by atoms with E-state index >= 15 is 0 Å². The first-order chi connectivity index (χ1) is 19.5. The van der Waals surface area contributed by atoms with Gasteiger partial charge in [0.25, 0.3) is 5.91 Å². The van der Waals surface area contributed by atoms with Gasteiger partial charge in [0.2, 0.25) is 5.91 Å². The summed E-state index contributed by atoms with van der Waals surface area (Å²) >= 11 is 0. The van der Waals surface area contributed by atoms with Crippen LogP contribution in [0.1, 0.15) is 60.3 Å². The lowest BCUT2D eigenvalue weighted by atomic mass is 9.83. The molecular formula is C25H47N5O11. The van der Waals surface area contributed by atoms with Crippen LogP contribution < -0.4 is 27.4 Å². The summed E-state index contributed by atoms with van der Waals surface area (Å²) in [6, 6.07) is -1.88. The van der Waals surface area contributed by atoms with Gasteiger partial charge in [-0.1, -0.05) is 40.5 Å². The Morgan fingerprint density at radius 3 is 2.05 bits per heavy atom. The molecule has 0 bridgehead atoms. The molecule has 16 heteroatoms. The lowest BCUT2D eigenvalue weighted by molar-refractivity contribution is -0.332. The van der Waals surface area contributed by atoms with Crippen molar-refractivity contribution in [3.05, 3.63) is 0 Å². The first kappa shape index (κ1) is 35.0. The van der Waals surface area contributed by atoms with Crippen LogP contribution in [0.25, 0.3) is 0 Å². The molecule has 0 aromatic rings. The van der Waals surface area contributed by atoms with Crippen LogP contribution in [0.5, 0.6) is 0 Å². The largest absolute Gasteiger partial charge is 0.394 e. The summed E-state index contributed by atoms with van der Waals surface area (Å²) in [5.74, 6) is 3.54. The second kappa shape index (κ2) is 16.5. The minimum Gasteiger partial charge on any atom is -0.394 e. The lowest BCUT2D eigenvalue weighted by Crippen LogP contribution is -2.69. The van der Waals surface area contributed by atoms with Crippen LogP contribution in [-0.2, 0) is 28.5 Å². The summed E-state index contributed by atoms with van der Waals surface area (Å²) in [5, 5.41) is 45.9. The highest BCUT2D eigenvalue weighted by Crippen LogP contribution is 2.34. The summed E-state index contributed by atoms with van der Waals surface area (Å²) < 4.78 is 23.8. The number of hydrazine groups is 2. The van der Waals surface area contributed by atoms with E-state index in [0.29, 0.717) is 25.7 Å². The van der Waals surface area contributed by atoms with Crippen LogP contribution in [0.15, 0.2) is 0 Å². The number of ether oxygens (including phenoxy) is 4. The van der Waals surface area contributed by atoms with Crippen LogP contribution in [0.2, 0.25) is 0 Å². The highest BCUT2D eigenvalue weighted by Gasteiger charge is 2.54. The predicted octanol–water partition coefficient (Wildman–Crippen LogP) is -2.34. The molecule has 238 valence electrons. The third-order valence-corrected chi connectivity index (χ3v) is 7.61. The Hall–Kier alpha value is -2.15. The second-order valence-corrected chi connectivity index (χ2v) is 10.2. The van der Waals surface area contributed by atoms with Crippen molar-refractivity contribution in [3.63, 3.8) is 0 Å². The van der Waals surface area contributed by atoms with Crippen molar-refractivity contribution in [1.82, 2.24) is 21.6 Å². The maximum atomic E-state index is 13.1. The minimum atomic E-state index is -1.76. The van der Waals surface area contributed by atoms with Gasteiger partial charge in [0.15, 0.2) is 12.4 Å². The summed E-state index contributed by atoms with van der Waals surface area (Å²) in [7, 11) is 0. The summed E-state index contributed by atoms with van der Waals surface area (Å²) in [5.41, 5.74) is 5.89. The topological polar surface area (TPSA) is 243 Å². The summed E-state index contributed by atoms with van der Waals surface area (Å²) in [4.78, 5) is 36.7. The van der Waals surface area contributed by atoms with Gasteiger partial charge in [-0.3, -0.25) is 20.4 Å². The molecule has 0 spiro atoms. The number of carbonyl (C=O) groups is 3. The van der Waals surface area contributed by atoms with Crippen molar-refractivity contribution < 1.29 is 53.8 Å². The number of hydrogen-bond donors (Lipinski definition) is 9. The number of amides is 4. The number of carbonyl (C=O) groups excluding carboxylic acids is 3. The maximum Gasteiger partial charge on any atom is 0.347 e. The van der Waals surface area contributed by atoms with E-state index in [1.807, 2.05) is 33.1 Å². The van der Waals surface area contributed by atoms with Crippen LogP contribution in [-0.4, -0.2) is 112 Å². The SMILES string of the molecule is CCC(CC)OC1C(C(=O)NNC(=O)NN)OC(OC2C(O)C(CO)OC(C(CC)CC)C2NC(C)=O)C(O)C1O. The van der Waals surface area contributed by atoms with Crippen molar-refractivity contribution in [2.45, 2.75) is 128 Å². The standard InChI is InChI=1S/C25H47N5O11/c1-6-12(7-2)19-15(27-11(5)32)20(16(33)14(10-31)39-19)40-24-18(35)17(34)21(38-13(8-3)9-4)22(41-24)23(36)29-30-25(37)28-26/h12-22,24,31,33-35H,6-10,26H2,1-5H3,(H,27,32)(H,29,36)(H2,28,30,37). The number of rotatable bonds is 12. The average Bonchev–Trinajstić information content (AvgIpc) is 2.96. The number of urea groups is 1. The van der Waals surface area contributed by atoms with E-state index in [-0.39, 0.29) is 5.92 Å². The molecule has 0 radical (unpaired) electrons. The quantitative estimate of drug-likeness (QED) is 0.0657. The number of nitrogens with one attached hydrogen (secondary N) is 4. The third-order valence-electron chi connectivity index (χ3n) is 7.61. The van der Waals surface area contributed by atoms with Gasteiger partial charge >= 0.3 is 6.03 Å². The van der Waals surface area contributed by atoms with E-state index in [4.69, 9.17) is 24.8 Å². The molecule has 2 saturated heterocycles. The van der Waals surface area contributed by atoms with Gasteiger partial charge in [0.05, 0.1) is 24.9 Å². The van der Waals surface area contributed by atoms with Crippen LogP contribution in [0, 0.1) is 5.92 Å². The first-order valence-electron chi connectivity index (χ1n) is 14.1. The van der Waals surface area contributed by atoms with Crippen molar-refractivity contribution in [1.29, 1.82) is 0 Å². The van der Waals surface area contributed by atoms with Crippen molar-refractivity contribution in [3.8, 4) is 0 Å². The van der Waals surface area contributed by atoms with Gasteiger partial charge in [0, 0.05) is 6.92 Å². The number of aliphatic hydroxyl groups excluding tert-OH is 4. The molecule has 2 heterocycles. The van der Waals surface area contributed by atoms with Crippen LogP contribution in [0.3, 0.4) is 0 Å². The predicted molar refractivity (Wildman–Crippen MR) is 142 cm³/mol. The Kier molecular flexibility index (Phi) is 14.1. The fourth-order valence-electron chi connectivity index (χ4n) is 5.25. The van der Waals surface area contributed by atoms with Gasteiger partial charge in [-0.15, -0.1) is 0 Å². The smallest absolute Gasteiger partial charge is 0.347 e. The van der Waals surface area contributed by atoms with Gasteiger partial charge in [-0.2, -0.15) is 0 Å². The molecule has 10 N–H and O–H groups in total. The van der Waals surface area contributed by atoms with Crippen LogP contribution in [0.4, 0.5) is 4.79 Å². The lowest BCUT2D eigenvalue weighted by Gasteiger charge is -2.49. The van der Waals surface area contributed by atoms with E-state index in [1.54, 1.807) is 5.43 Å². The molecule has 41 heavy (non-hydrogen) atoms. The number of hydrogen-bond acceptors (Lipinski definition) is 12. The molecule has 0 aliphatic carbocycles. The van der Waals surface area contributed by atoms with Gasteiger partial charge in [0.1, 0.15) is 36.6 Å². The molecule has 0 aromatic carbocycles. The maximum absolute atomic E-state index is 13.1. The molecule has 16 nitrogen and oxygen atoms in total.